The fraction of sp³-hybridized carbons (Fsp3) is 0.0556. The van der Waals surface area contributed by atoms with E-state index in [4.69, 9.17) is 4.52 Å². The van der Waals surface area contributed by atoms with E-state index in [-0.39, 0.29) is 5.69 Å². The third-order valence-electron chi connectivity index (χ3n) is 3.89. The Labute approximate surface area is 147 Å². The Kier molecular flexibility index (Phi) is 3.98. The average molecular weight is 347 g/mol. The number of hydrogen-bond donors (Lipinski definition) is 0. The Balaban J connectivity index is 1.53. The van der Waals surface area contributed by atoms with E-state index in [2.05, 4.69) is 15.1 Å². The lowest BCUT2D eigenvalue weighted by molar-refractivity contribution is -0.384. The number of rotatable bonds is 5. The number of benzene rings is 2. The minimum atomic E-state index is -0.448. The number of hydrogen-bond acceptors (Lipinski definition) is 6. The third kappa shape index (κ3) is 3.20. The van der Waals surface area contributed by atoms with Crippen molar-refractivity contribution in [2.75, 3.05) is 0 Å². The molecule has 0 atom stereocenters. The highest BCUT2D eigenvalue weighted by atomic mass is 16.6. The summed E-state index contributed by atoms with van der Waals surface area (Å²) in [7, 11) is 0. The molecular formula is C18H13N5O3. The van der Waals surface area contributed by atoms with E-state index in [1.54, 1.807) is 24.7 Å². The van der Waals surface area contributed by atoms with Crippen LogP contribution in [0.15, 0.2) is 71.8 Å². The second-order valence-corrected chi connectivity index (χ2v) is 5.66. The smallest absolute Gasteiger partial charge is 0.269 e. The van der Waals surface area contributed by atoms with E-state index in [0.717, 1.165) is 17.7 Å². The molecule has 4 aromatic rings. The molecule has 128 valence electrons. The number of nitro groups is 1. The molecule has 4 rings (SSSR count). The maximum atomic E-state index is 10.7. The van der Waals surface area contributed by atoms with Crippen molar-refractivity contribution in [2.45, 2.75) is 6.54 Å². The van der Waals surface area contributed by atoms with Crippen molar-refractivity contribution < 1.29 is 9.45 Å². The molecule has 0 unspecified atom stereocenters. The van der Waals surface area contributed by atoms with Gasteiger partial charge in [0.05, 0.1) is 11.3 Å². The van der Waals surface area contributed by atoms with Gasteiger partial charge in [-0.05, 0) is 29.8 Å². The van der Waals surface area contributed by atoms with Crippen LogP contribution >= 0.6 is 0 Å². The normalized spacial score (nSPS) is 10.8. The van der Waals surface area contributed by atoms with Gasteiger partial charge in [-0.1, -0.05) is 17.3 Å². The zero-order valence-corrected chi connectivity index (χ0v) is 13.5. The average Bonchev–Trinajstić information content (AvgIpc) is 3.34. The van der Waals surface area contributed by atoms with E-state index >= 15 is 0 Å². The van der Waals surface area contributed by atoms with Crippen molar-refractivity contribution in [3.05, 3.63) is 82.9 Å². The highest BCUT2D eigenvalue weighted by Gasteiger charge is 2.12. The van der Waals surface area contributed by atoms with Crippen molar-refractivity contribution >= 4 is 5.69 Å². The molecule has 0 amide bonds. The van der Waals surface area contributed by atoms with Crippen LogP contribution in [-0.4, -0.2) is 24.6 Å². The quantitative estimate of drug-likeness (QED) is 0.404. The maximum Gasteiger partial charge on any atom is 0.269 e. The van der Waals surface area contributed by atoms with Crippen molar-refractivity contribution in [3.8, 4) is 22.8 Å². The first kappa shape index (κ1) is 15.7. The van der Waals surface area contributed by atoms with Crippen LogP contribution in [0.1, 0.15) is 5.56 Å². The zero-order chi connectivity index (χ0) is 17.9. The highest BCUT2D eigenvalue weighted by molar-refractivity contribution is 5.61. The van der Waals surface area contributed by atoms with E-state index in [1.165, 1.54) is 12.1 Å². The van der Waals surface area contributed by atoms with Gasteiger partial charge in [0, 0.05) is 42.2 Å². The Morgan fingerprint density at radius 1 is 1.04 bits per heavy atom. The van der Waals surface area contributed by atoms with Gasteiger partial charge in [0.15, 0.2) is 0 Å². The van der Waals surface area contributed by atoms with Gasteiger partial charge in [-0.15, -0.1) is 0 Å². The van der Waals surface area contributed by atoms with E-state index in [1.807, 2.05) is 35.0 Å². The summed E-state index contributed by atoms with van der Waals surface area (Å²) >= 11 is 0. The van der Waals surface area contributed by atoms with Crippen molar-refractivity contribution in [1.82, 2.24) is 19.7 Å². The van der Waals surface area contributed by atoms with Gasteiger partial charge >= 0.3 is 0 Å². The molecule has 2 heterocycles. The molecule has 8 nitrogen and oxygen atoms in total. The summed E-state index contributed by atoms with van der Waals surface area (Å²) in [5.41, 5.74) is 2.61. The topological polar surface area (TPSA) is 99.9 Å². The van der Waals surface area contributed by atoms with Gasteiger partial charge < -0.3 is 9.09 Å². The van der Waals surface area contributed by atoms with Gasteiger partial charge in [0.1, 0.15) is 0 Å². The van der Waals surface area contributed by atoms with Crippen molar-refractivity contribution in [3.63, 3.8) is 0 Å². The van der Waals surface area contributed by atoms with Crippen LogP contribution in [0.25, 0.3) is 22.8 Å². The first-order valence-electron chi connectivity index (χ1n) is 7.82. The Morgan fingerprint density at radius 2 is 1.77 bits per heavy atom. The number of nitro benzene ring substituents is 1. The summed E-state index contributed by atoms with van der Waals surface area (Å²) in [6.45, 7) is 0.734. The molecule has 0 aliphatic carbocycles. The van der Waals surface area contributed by atoms with Crippen molar-refractivity contribution in [1.29, 1.82) is 0 Å². The van der Waals surface area contributed by atoms with Crippen molar-refractivity contribution in [2.24, 2.45) is 0 Å². The Hall–Kier alpha value is -3.81. The molecule has 8 heteroatoms. The molecule has 2 aromatic heterocycles. The first-order chi connectivity index (χ1) is 12.7. The molecule has 0 spiro atoms. The van der Waals surface area contributed by atoms with Gasteiger partial charge in [-0.25, -0.2) is 4.98 Å². The largest absolute Gasteiger partial charge is 0.334 e. The molecule has 0 fully saturated rings. The highest BCUT2D eigenvalue weighted by Crippen LogP contribution is 2.24. The van der Waals surface area contributed by atoms with Gasteiger partial charge in [-0.2, -0.15) is 4.98 Å². The lowest BCUT2D eigenvalue weighted by atomic mass is 10.1. The standard InChI is InChI=1S/C18H13N5O3/c24-23(25)16-7-5-14(6-8-16)17-20-18(26-21-17)15-3-1-13(2-4-15)11-22-10-9-19-12-22/h1-10,12H,11H2. The predicted molar refractivity (Wildman–Crippen MR) is 93.2 cm³/mol. The SMILES string of the molecule is O=[N+]([O-])c1ccc(-c2noc(-c3ccc(Cn4ccnc4)cc3)n2)cc1. The molecule has 0 N–H and O–H groups in total. The summed E-state index contributed by atoms with van der Waals surface area (Å²) in [5.74, 6) is 0.782. The predicted octanol–water partition coefficient (Wildman–Crippen LogP) is 3.56. The number of non-ortho nitro benzene ring substituents is 1. The molecule has 26 heavy (non-hydrogen) atoms. The van der Waals surface area contributed by atoms with Crippen LogP contribution in [0.4, 0.5) is 5.69 Å². The van der Waals surface area contributed by atoms with Crippen LogP contribution in [0.3, 0.4) is 0 Å². The molecule has 0 saturated heterocycles. The van der Waals surface area contributed by atoms with E-state index in [9.17, 15) is 10.1 Å². The molecule has 0 bridgehead atoms. The molecule has 0 saturated carbocycles. The summed E-state index contributed by atoms with van der Waals surface area (Å²) in [6.07, 6.45) is 5.41. The number of imidazole rings is 1. The van der Waals surface area contributed by atoms with E-state index < -0.39 is 4.92 Å². The molecule has 0 aliphatic heterocycles. The fourth-order valence-electron chi connectivity index (χ4n) is 2.53. The summed E-state index contributed by atoms with van der Waals surface area (Å²) in [6, 6.07) is 13.8. The number of nitrogens with zero attached hydrogens (tertiary/aromatic N) is 5. The fourth-order valence-corrected chi connectivity index (χ4v) is 2.53. The minimum absolute atomic E-state index is 0.0194. The third-order valence-corrected chi connectivity index (χ3v) is 3.89. The van der Waals surface area contributed by atoms with Crippen LogP contribution in [-0.2, 0) is 6.54 Å². The monoisotopic (exact) mass is 347 g/mol. The molecule has 0 radical (unpaired) electrons. The summed E-state index contributed by atoms with van der Waals surface area (Å²) in [4.78, 5) is 18.7. The second kappa shape index (κ2) is 6.60. The van der Waals surface area contributed by atoms with E-state index in [0.29, 0.717) is 17.3 Å². The van der Waals surface area contributed by atoms with Crippen LogP contribution < -0.4 is 0 Å². The molecule has 2 aromatic carbocycles. The minimum Gasteiger partial charge on any atom is -0.334 e. The first-order valence-corrected chi connectivity index (χ1v) is 7.82. The van der Waals surface area contributed by atoms with Gasteiger partial charge in [0.2, 0.25) is 5.82 Å². The Morgan fingerprint density at radius 3 is 2.42 bits per heavy atom. The van der Waals surface area contributed by atoms with Crippen LogP contribution in [0.2, 0.25) is 0 Å². The Bertz CT molecular complexity index is 1020. The van der Waals surface area contributed by atoms with Gasteiger partial charge in [-0.3, -0.25) is 10.1 Å². The lowest BCUT2D eigenvalue weighted by Crippen LogP contribution is -1.95. The van der Waals surface area contributed by atoms with Gasteiger partial charge in [0.25, 0.3) is 11.6 Å². The number of aromatic nitrogens is 4. The van der Waals surface area contributed by atoms with Crippen LogP contribution in [0.5, 0.6) is 0 Å². The second-order valence-electron chi connectivity index (χ2n) is 5.66. The summed E-state index contributed by atoms with van der Waals surface area (Å²) < 4.78 is 7.30. The summed E-state index contributed by atoms with van der Waals surface area (Å²) in [5, 5.41) is 14.7. The zero-order valence-electron chi connectivity index (χ0n) is 13.5. The lowest BCUT2D eigenvalue weighted by Gasteiger charge is -2.02. The molecular weight excluding hydrogens is 334 g/mol. The van der Waals surface area contributed by atoms with Crippen LogP contribution in [0, 0.1) is 10.1 Å². The molecule has 0 aliphatic rings. The maximum absolute atomic E-state index is 10.7.